The Bertz CT molecular complexity index is 279. The van der Waals surface area contributed by atoms with E-state index < -0.39 is 0 Å². The fourth-order valence-electron chi connectivity index (χ4n) is 1.42. The highest BCUT2D eigenvalue weighted by Crippen LogP contribution is 2.25. The van der Waals surface area contributed by atoms with E-state index in [-0.39, 0.29) is 0 Å². The standard InChI is InChI=1S/C11H20N2S/c1-7(2)10(12-8(3)4)11-13-9(5)6-14-11/h6-8,10,12H,1-5H3. The van der Waals surface area contributed by atoms with Crippen LogP contribution in [0.1, 0.15) is 44.4 Å². The fourth-order valence-corrected chi connectivity index (χ4v) is 2.45. The molecule has 0 spiro atoms. The van der Waals surface area contributed by atoms with Gasteiger partial charge >= 0.3 is 0 Å². The summed E-state index contributed by atoms with van der Waals surface area (Å²) >= 11 is 1.75. The number of thiazole rings is 1. The van der Waals surface area contributed by atoms with Crippen molar-refractivity contribution in [3.63, 3.8) is 0 Å². The first-order chi connectivity index (χ1) is 6.50. The molecule has 1 atom stereocenters. The van der Waals surface area contributed by atoms with Crippen molar-refractivity contribution in [2.75, 3.05) is 0 Å². The van der Waals surface area contributed by atoms with E-state index in [0.717, 1.165) is 5.69 Å². The van der Waals surface area contributed by atoms with Crippen LogP contribution in [0.15, 0.2) is 5.38 Å². The van der Waals surface area contributed by atoms with Crippen molar-refractivity contribution in [1.29, 1.82) is 0 Å². The molecule has 0 aromatic carbocycles. The molecule has 0 bridgehead atoms. The van der Waals surface area contributed by atoms with Crippen LogP contribution in [0, 0.1) is 12.8 Å². The van der Waals surface area contributed by atoms with E-state index in [1.807, 2.05) is 6.92 Å². The van der Waals surface area contributed by atoms with Crippen LogP contribution in [0.4, 0.5) is 0 Å². The Kier molecular flexibility index (Phi) is 4.08. The molecule has 80 valence electrons. The van der Waals surface area contributed by atoms with Crippen molar-refractivity contribution >= 4 is 11.3 Å². The summed E-state index contributed by atoms with van der Waals surface area (Å²) in [5, 5.41) is 6.89. The number of nitrogens with one attached hydrogen (secondary N) is 1. The Morgan fingerprint density at radius 3 is 2.29 bits per heavy atom. The van der Waals surface area contributed by atoms with Gasteiger partial charge in [0.1, 0.15) is 5.01 Å². The molecule has 1 heterocycles. The molecule has 14 heavy (non-hydrogen) atoms. The molecule has 1 unspecified atom stereocenters. The van der Waals surface area contributed by atoms with Gasteiger partial charge in [0, 0.05) is 17.1 Å². The van der Waals surface area contributed by atoms with Crippen LogP contribution in [0.25, 0.3) is 0 Å². The summed E-state index contributed by atoms with van der Waals surface area (Å²) in [7, 11) is 0. The second-order valence-electron chi connectivity index (χ2n) is 4.37. The first-order valence-electron chi connectivity index (χ1n) is 5.18. The van der Waals surface area contributed by atoms with Crippen LogP contribution in [0.2, 0.25) is 0 Å². The molecular weight excluding hydrogens is 192 g/mol. The molecule has 0 aliphatic carbocycles. The predicted molar refractivity (Wildman–Crippen MR) is 62.7 cm³/mol. The molecule has 1 N–H and O–H groups in total. The van der Waals surface area contributed by atoms with Gasteiger partial charge < -0.3 is 5.32 Å². The topological polar surface area (TPSA) is 24.9 Å². The van der Waals surface area contributed by atoms with E-state index in [9.17, 15) is 0 Å². The van der Waals surface area contributed by atoms with Gasteiger partial charge in [-0.15, -0.1) is 11.3 Å². The zero-order valence-corrected chi connectivity index (χ0v) is 10.5. The number of aryl methyl sites for hydroxylation is 1. The molecule has 0 saturated carbocycles. The minimum Gasteiger partial charge on any atom is -0.305 e. The highest BCUT2D eigenvalue weighted by Gasteiger charge is 2.19. The highest BCUT2D eigenvalue weighted by molar-refractivity contribution is 7.09. The summed E-state index contributed by atoms with van der Waals surface area (Å²) in [6.45, 7) is 10.9. The molecule has 0 radical (unpaired) electrons. The number of aromatic nitrogens is 1. The van der Waals surface area contributed by atoms with Crippen molar-refractivity contribution in [2.45, 2.75) is 46.7 Å². The summed E-state index contributed by atoms with van der Waals surface area (Å²) in [6.07, 6.45) is 0. The molecule has 2 nitrogen and oxygen atoms in total. The second kappa shape index (κ2) is 4.89. The van der Waals surface area contributed by atoms with Crippen LogP contribution >= 0.6 is 11.3 Å². The van der Waals surface area contributed by atoms with Crippen LogP contribution in [-0.2, 0) is 0 Å². The smallest absolute Gasteiger partial charge is 0.110 e. The molecule has 1 aromatic rings. The van der Waals surface area contributed by atoms with E-state index in [1.54, 1.807) is 11.3 Å². The SMILES string of the molecule is Cc1csc(C(NC(C)C)C(C)C)n1. The van der Waals surface area contributed by atoms with Crippen molar-refractivity contribution in [3.05, 3.63) is 16.1 Å². The van der Waals surface area contributed by atoms with Crippen molar-refractivity contribution in [2.24, 2.45) is 5.92 Å². The van der Waals surface area contributed by atoms with E-state index in [0.29, 0.717) is 18.0 Å². The monoisotopic (exact) mass is 212 g/mol. The number of rotatable bonds is 4. The maximum atomic E-state index is 4.54. The lowest BCUT2D eigenvalue weighted by Crippen LogP contribution is -2.31. The van der Waals surface area contributed by atoms with Crippen LogP contribution < -0.4 is 5.32 Å². The maximum Gasteiger partial charge on any atom is 0.110 e. The van der Waals surface area contributed by atoms with E-state index in [1.165, 1.54) is 5.01 Å². The highest BCUT2D eigenvalue weighted by atomic mass is 32.1. The third-order valence-corrected chi connectivity index (χ3v) is 3.13. The Morgan fingerprint density at radius 2 is 1.93 bits per heavy atom. The van der Waals surface area contributed by atoms with Crippen LogP contribution in [0.3, 0.4) is 0 Å². The molecule has 0 amide bonds. The van der Waals surface area contributed by atoms with Gasteiger partial charge in [-0.2, -0.15) is 0 Å². The quantitative estimate of drug-likeness (QED) is 0.829. The van der Waals surface area contributed by atoms with Gasteiger partial charge in [-0.05, 0) is 12.8 Å². The fraction of sp³-hybridized carbons (Fsp3) is 0.727. The lowest BCUT2D eigenvalue weighted by Gasteiger charge is -2.22. The second-order valence-corrected chi connectivity index (χ2v) is 5.26. The summed E-state index contributed by atoms with van der Waals surface area (Å²) in [5.74, 6) is 0.586. The van der Waals surface area contributed by atoms with Crippen molar-refractivity contribution in [3.8, 4) is 0 Å². The average Bonchev–Trinajstić information content (AvgIpc) is 2.46. The summed E-state index contributed by atoms with van der Waals surface area (Å²) < 4.78 is 0. The average molecular weight is 212 g/mol. The van der Waals surface area contributed by atoms with Gasteiger partial charge in [0.05, 0.1) is 6.04 Å². The van der Waals surface area contributed by atoms with Gasteiger partial charge in [-0.1, -0.05) is 27.7 Å². The largest absolute Gasteiger partial charge is 0.305 e. The summed E-state index contributed by atoms with van der Waals surface area (Å²) in [6, 6.07) is 0.903. The van der Waals surface area contributed by atoms with E-state index in [2.05, 4.69) is 43.4 Å². The summed E-state index contributed by atoms with van der Waals surface area (Å²) in [4.78, 5) is 4.54. The molecular formula is C11H20N2S. The van der Waals surface area contributed by atoms with Gasteiger partial charge in [0.2, 0.25) is 0 Å². The predicted octanol–water partition coefficient (Wildman–Crippen LogP) is 3.15. The maximum absolute atomic E-state index is 4.54. The minimum atomic E-state index is 0.397. The molecule has 3 heteroatoms. The third kappa shape index (κ3) is 3.07. The van der Waals surface area contributed by atoms with Gasteiger partial charge in [-0.3, -0.25) is 0 Å². The number of hydrogen-bond donors (Lipinski definition) is 1. The Labute approximate surface area is 90.8 Å². The molecule has 0 fully saturated rings. The van der Waals surface area contributed by atoms with Crippen molar-refractivity contribution in [1.82, 2.24) is 10.3 Å². The van der Waals surface area contributed by atoms with Crippen LogP contribution in [-0.4, -0.2) is 11.0 Å². The van der Waals surface area contributed by atoms with Gasteiger partial charge in [-0.25, -0.2) is 4.98 Å². The Morgan fingerprint density at radius 1 is 1.29 bits per heavy atom. The molecule has 1 aromatic heterocycles. The zero-order valence-electron chi connectivity index (χ0n) is 9.66. The molecule has 0 aliphatic heterocycles. The van der Waals surface area contributed by atoms with Gasteiger partial charge in [0.15, 0.2) is 0 Å². The third-order valence-electron chi connectivity index (χ3n) is 2.08. The van der Waals surface area contributed by atoms with E-state index in [4.69, 9.17) is 0 Å². The lowest BCUT2D eigenvalue weighted by atomic mass is 10.0. The zero-order chi connectivity index (χ0) is 10.7. The Balaban J connectivity index is 2.77. The lowest BCUT2D eigenvalue weighted by molar-refractivity contribution is 0.380. The first kappa shape index (κ1) is 11.7. The number of nitrogens with zero attached hydrogens (tertiary/aromatic N) is 1. The first-order valence-corrected chi connectivity index (χ1v) is 6.06. The minimum absolute atomic E-state index is 0.397. The van der Waals surface area contributed by atoms with Crippen LogP contribution in [0.5, 0.6) is 0 Å². The van der Waals surface area contributed by atoms with Crippen molar-refractivity contribution < 1.29 is 0 Å². The van der Waals surface area contributed by atoms with Gasteiger partial charge in [0.25, 0.3) is 0 Å². The number of hydrogen-bond acceptors (Lipinski definition) is 3. The molecule has 1 rings (SSSR count). The summed E-state index contributed by atoms with van der Waals surface area (Å²) in [5.41, 5.74) is 1.13. The molecule has 0 saturated heterocycles. The van der Waals surface area contributed by atoms with E-state index >= 15 is 0 Å². The Hall–Kier alpha value is -0.410. The normalized spacial score (nSPS) is 13.9. The molecule has 0 aliphatic rings.